The van der Waals surface area contributed by atoms with Gasteiger partial charge in [-0.3, -0.25) is 4.79 Å². The van der Waals surface area contributed by atoms with E-state index < -0.39 is 29.3 Å². The number of hydrogen-bond donors (Lipinski definition) is 2. The first-order valence-corrected chi connectivity index (χ1v) is 12.1. The van der Waals surface area contributed by atoms with Gasteiger partial charge in [0.2, 0.25) is 5.43 Å². The van der Waals surface area contributed by atoms with E-state index in [0.29, 0.717) is 12.5 Å². The molecule has 3 heterocycles. The van der Waals surface area contributed by atoms with E-state index in [0.717, 1.165) is 25.3 Å². The standard InChI is InChI=1S/C26H34FN3O4/c1-6-34-24-21-17(23(31)18(25(32)33)12-30(21)16-7-8-16)10-19(27)22(24)29-11-15-9-13(2)26(4,5)28-20(15)14(29)3/h10,12-16,20,28H,6-9,11H2,1-5H3,(H,32,33)/t13?,14-,15+,20-/m1/s1/i6D2. The second kappa shape index (κ2) is 7.97. The molecule has 1 saturated carbocycles. The van der Waals surface area contributed by atoms with E-state index in [1.165, 1.54) is 13.1 Å². The number of nitrogens with zero attached hydrogens (tertiary/aromatic N) is 2. The molecule has 34 heavy (non-hydrogen) atoms. The van der Waals surface area contributed by atoms with Crippen molar-refractivity contribution < 1.29 is 21.8 Å². The van der Waals surface area contributed by atoms with Crippen LogP contribution >= 0.6 is 0 Å². The molecule has 0 amide bonds. The van der Waals surface area contributed by atoms with Gasteiger partial charge in [0.05, 0.1) is 20.2 Å². The predicted molar refractivity (Wildman–Crippen MR) is 130 cm³/mol. The number of aromatic carboxylic acids is 1. The van der Waals surface area contributed by atoms with E-state index in [1.54, 1.807) is 4.57 Å². The molecular formula is C26H34FN3O4. The first-order valence-electron chi connectivity index (χ1n) is 13.1. The number of hydrogen-bond acceptors (Lipinski definition) is 5. The number of pyridine rings is 1. The molecule has 5 rings (SSSR count). The van der Waals surface area contributed by atoms with Crippen molar-refractivity contribution in [2.24, 2.45) is 11.8 Å². The maximum absolute atomic E-state index is 16.0. The summed E-state index contributed by atoms with van der Waals surface area (Å²) < 4.78 is 39.7. The van der Waals surface area contributed by atoms with Gasteiger partial charge in [-0.1, -0.05) is 6.92 Å². The van der Waals surface area contributed by atoms with Crippen LogP contribution in [0.15, 0.2) is 17.1 Å². The van der Waals surface area contributed by atoms with Crippen molar-refractivity contribution in [1.82, 2.24) is 9.88 Å². The van der Waals surface area contributed by atoms with Crippen LogP contribution in [0.1, 0.15) is 73.0 Å². The highest BCUT2D eigenvalue weighted by molar-refractivity contribution is 5.97. The lowest BCUT2D eigenvalue weighted by molar-refractivity contribution is 0.0694. The molecule has 7 nitrogen and oxygen atoms in total. The number of halogens is 1. The normalized spacial score (nSPS) is 29.5. The van der Waals surface area contributed by atoms with Crippen molar-refractivity contribution in [2.75, 3.05) is 18.0 Å². The molecular weight excluding hydrogens is 437 g/mol. The van der Waals surface area contributed by atoms with Crippen molar-refractivity contribution >= 4 is 22.6 Å². The number of rotatable bonds is 5. The Hall–Kier alpha value is -2.61. The van der Waals surface area contributed by atoms with E-state index in [1.807, 2.05) is 11.8 Å². The smallest absolute Gasteiger partial charge is 0.341 e. The third kappa shape index (κ3) is 3.49. The van der Waals surface area contributed by atoms with Crippen LogP contribution < -0.4 is 20.4 Å². The Morgan fingerprint density at radius 2 is 2.09 bits per heavy atom. The number of carboxylic acids is 1. The molecule has 0 bridgehead atoms. The maximum atomic E-state index is 16.0. The highest BCUT2D eigenvalue weighted by Gasteiger charge is 2.48. The number of carbonyl (C=O) groups is 1. The van der Waals surface area contributed by atoms with Gasteiger partial charge in [-0.25, -0.2) is 9.18 Å². The fourth-order valence-electron chi connectivity index (χ4n) is 5.90. The molecule has 3 aliphatic rings. The number of piperidine rings is 1. The average Bonchev–Trinajstić information content (AvgIpc) is 3.55. The van der Waals surface area contributed by atoms with Gasteiger partial charge in [-0.2, -0.15) is 0 Å². The molecule has 3 fully saturated rings. The SMILES string of the molecule is [2H]C([2H])(C)Oc1c(N2C[C@@H]3CC(C)C(C)(C)N[C@@H]3[C@H]2C)c(F)cc2c(=O)c(C(=O)O)cn(C3CC3)c12. The fourth-order valence-corrected chi connectivity index (χ4v) is 5.90. The summed E-state index contributed by atoms with van der Waals surface area (Å²) in [6, 6.07) is 1.04. The molecule has 184 valence electrons. The monoisotopic (exact) mass is 473 g/mol. The van der Waals surface area contributed by atoms with Crippen molar-refractivity contribution in [3.8, 4) is 5.75 Å². The molecule has 1 aromatic carbocycles. The first kappa shape index (κ1) is 20.7. The quantitative estimate of drug-likeness (QED) is 0.678. The van der Waals surface area contributed by atoms with Gasteiger partial charge in [0.25, 0.3) is 0 Å². The lowest BCUT2D eigenvalue weighted by Crippen LogP contribution is -2.59. The fraction of sp³-hybridized carbons (Fsp3) is 0.615. The average molecular weight is 474 g/mol. The van der Waals surface area contributed by atoms with Crippen molar-refractivity contribution in [2.45, 2.75) is 77.5 Å². The van der Waals surface area contributed by atoms with Gasteiger partial charge < -0.3 is 24.6 Å². The third-order valence-electron chi connectivity index (χ3n) is 8.24. The highest BCUT2D eigenvalue weighted by Crippen LogP contribution is 2.47. The number of anilines is 1. The molecule has 8 heteroatoms. The molecule has 2 aliphatic heterocycles. The number of ether oxygens (including phenoxy) is 1. The minimum absolute atomic E-state index is 0.0451. The Morgan fingerprint density at radius 3 is 2.71 bits per heavy atom. The van der Waals surface area contributed by atoms with E-state index in [2.05, 4.69) is 26.1 Å². The molecule has 2 aromatic rings. The van der Waals surface area contributed by atoms with E-state index in [4.69, 9.17) is 7.48 Å². The van der Waals surface area contributed by atoms with Crippen LogP contribution in [0.2, 0.25) is 0 Å². The van der Waals surface area contributed by atoms with E-state index in [9.17, 15) is 14.7 Å². The Kier molecular flexibility index (Phi) is 4.86. The van der Waals surface area contributed by atoms with Gasteiger partial charge >= 0.3 is 5.97 Å². The highest BCUT2D eigenvalue weighted by atomic mass is 19.1. The summed E-state index contributed by atoms with van der Waals surface area (Å²) in [5.41, 5.74) is -0.944. The zero-order valence-electron chi connectivity index (χ0n) is 22.3. The van der Waals surface area contributed by atoms with Gasteiger partial charge in [0.1, 0.15) is 11.3 Å². The Labute approximate surface area is 201 Å². The zero-order valence-corrected chi connectivity index (χ0v) is 20.3. The zero-order chi connectivity index (χ0) is 26.3. The van der Waals surface area contributed by atoms with E-state index in [-0.39, 0.29) is 51.9 Å². The number of fused-ring (bicyclic) bond motifs is 2. The van der Waals surface area contributed by atoms with Crippen molar-refractivity contribution in [3.63, 3.8) is 0 Å². The lowest BCUT2D eigenvalue weighted by atomic mass is 9.74. The maximum Gasteiger partial charge on any atom is 0.341 e. The van der Waals surface area contributed by atoms with Crippen LogP contribution in [0.5, 0.6) is 5.75 Å². The Morgan fingerprint density at radius 1 is 1.38 bits per heavy atom. The van der Waals surface area contributed by atoms with Crippen molar-refractivity contribution in [3.05, 3.63) is 33.9 Å². The largest absolute Gasteiger partial charge is 0.489 e. The van der Waals surface area contributed by atoms with Crippen LogP contribution in [0, 0.1) is 17.7 Å². The molecule has 1 aromatic heterocycles. The Balaban J connectivity index is 1.75. The molecule has 2 saturated heterocycles. The minimum Gasteiger partial charge on any atom is -0.489 e. The summed E-state index contributed by atoms with van der Waals surface area (Å²) >= 11 is 0. The predicted octanol–water partition coefficient (Wildman–Crippen LogP) is 4.17. The number of benzene rings is 1. The summed E-state index contributed by atoms with van der Waals surface area (Å²) in [6.45, 7) is 8.23. The molecule has 0 radical (unpaired) electrons. The van der Waals surface area contributed by atoms with Gasteiger partial charge in [0, 0.05) is 36.4 Å². The molecule has 4 atom stereocenters. The molecule has 1 unspecified atom stereocenters. The van der Waals surface area contributed by atoms with Crippen molar-refractivity contribution in [1.29, 1.82) is 0 Å². The van der Waals surface area contributed by atoms with Crippen LogP contribution in [0.25, 0.3) is 10.9 Å². The summed E-state index contributed by atoms with van der Waals surface area (Å²) in [7, 11) is 0. The lowest BCUT2D eigenvalue weighted by Gasteiger charge is -2.45. The van der Waals surface area contributed by atoms with E-state index >= 15 is 4.39 Å². The summed E-state index contributed by atoms with van der Waals surface area (Å²) in [5.74, 6) is -1.46. The number of carboxylic acid groups (broad SMARTS) is 1. The van der Waals surface area contributed by atoms with Gasteiger partial charge in [0.15, 0.2) is 11.6 Å². The Bertz CT molecular complexity index is 1300. The van der Waals surface area contributed by atoms with Gasteiger partial charge in [-0.05, 0) is 64.9 Å². The van der Waals surface area contributed by atoms with Crippen LogP contribution in [-0.4, -0.2) is 46.4 Å². The number of nitrogens with one attached hydrogen (secondary N) is 1. The summed E-state index contributed by atoms with van der Waals surface area (Å²) in [5, 5.41) is 13.2. The van der Waals surface area contributed by atoms with Gasteiger partial charge in [-0.15, -0.1) is 0 Å². The second-order valence-electron chi connectivity index (χ2n) is 10.7. The summed E-state index contributed by atoms with van der Waals surface area (Å²) in [4.78, 5) is 26.8. The molecule has 1 aliphatic carbocycles. The van der Waals surface area contributed by atoms with Crippen LogP contribution in [-0.2, 0) is 0 Å². The van der Waals surface area contributed by atoms with Crippen LogP contribution in [0.4, 0.5) is 10.1 Å². The molecule has 0 spiro atoms. The third-order valence-corrected chi connectivity index (χ3v) is 8.24. The topological polar surface area (TPSA) is 83.8 Å². The minimum atomic E-state index is -2.16. The molecule has 2 N–H and O–H groups in total. The first-order chi connectivity index (χ1) is 16.7. The van der Waals surface area contributed by atoms with Crippen LogP contribution in [0.3, 0.4) is 0 Å². The second-order valence-corrected chi connectivity index (χ2v) is 10.7. The number of aromatic nitrogens is 1. The summed E-state index contributed by atoms with van der Waals surface area (Å²) in [6.07, 6.45) is 3.83.